The Morgan fingerprint density at radius 2 is 2.24 bits per heavy atom. The zero-order valence-corrected chi connectivity index (χ0v) is 10.6. The largest absolute Gasteiger partial charge is 0.477 e. The molecule has 1 heterocycles. The fraction of sp³-hybridized carbons (Fsp3) is 0.455. The highest BCUT2D eigenvalue weighted by molar-refractivity contribution is 7.14. The minimum Gasteiger partial charge on any atom is -0.477 e. The summed E-state index contributed by atoms with van der Waals surface area (Å²) in [5.74, 6) is -1.23. The van der Waals surface area contributed by atoms with Gasteiger partial charge in [0.05, 0.1) is 13.2 Å². The molecule has 6 heteroatoms. The Hall–Kier alpha value is -1.40. The van der Waals surface area contributed by atoms with Gasteiger partial charge in [0.15, 0.2) is 0 Å². The average Bonchev–Trinajstić information content (AvgIpc) is 2.61. The number of ether oxygens (including phenoxy) is 1. The Morgan fingerprint density at radius 1 is 1.53 bits per heavy atom. The summed E-state index contributed by atoms with van der Waals surface area (Å²) >= 11 is 1.24. The zero-order valence-electron chi connectivity index (χ0n) is 9.78. The first-order valence-electron chi connectivity index (χ1n) is 5.23. The summed E-state index contributed by atoms with van der Waals surface area (Å²) in [6.45, 7) is 4.57. The summed E-state index contributed by atoms with van der Waals surface area (Å²) < 4.78 is 4.76. The van der Waals surface area contributed by atoms with Crippen LogP contribution in [0, 0.1) is 6.92 Å². The molecule has 0 amide bonds. The van der Waals surface area contributed by atoms with Crippen LogP contribution in [0.2, 0.25) is 0 Å². The van der Waals surface area contributed by atoms with Crippen molar-refractivity contribution in [1.29, 1.82) is 0 Å². The van der Waals surface area contributed by atoms with Crippen LogP contribution < -0.4 is 5.32 Å². The van der Waals surface area contributed by atoms with Crippen LogP contribution in [0.4, 0.5) is 0 Å². The molecule has 1 aromatic heterocycles. The molecule has 0 unspecified atom stereocenters. The summed E-state index contributed by atoms with van der Waals surface area (Å²) in [5, 5.41) is 11.7. The summed E-state index contributed by atoms with van der Waals surface area (Å²) in [7, 11) is 0. The number of aromatic carboxylic acids is 1. The number of thiophene rings is 1. The summed E-state index contributed by atoms with van der Waals surface area (Å²) in [6.07, 6.45) is 0. The van der Waals surface area contributed by atoms with Gasteiger partial charge >= 0.3 is 11.9 Å². The third-order valence-electron chi connectivity index (χ3n) is 2.12. The third-order valence-corrected chi connectivity index (χ3v) is 3.20. The van der Waals surface area contributed by atoms with Gasteiger partial charge in [0.1, 0.15) is 4.88 Å². The second kappa shape index (κ2) is 6.36. The van der Waals surface area contributed by atoms with Gasteiger partial charge in [0, 0.05) is 11.4 Å². The van der Waals surface area contributed by atoms with Crippen LogP contribution >= 0.6 is 11.3 Å². The van der Waals surface area contributed by atoms with Crippen molar-refractivity contribution in [3.05, 3.63) is 21.4 Å². The molecule has 0 bridgehead atoms. The van der Waals surface area contributed by atoms with E-state index in [-0.39, 0.29) is 12.5 Å². The van der Waals surface area contributed by atoms with E-state index in [1.807, 2.05) is 6.92 Å². The Morgan fingerprint density at radius 3 is 2.76 bits per heavy atom. The van der Waals surface area contributed by atoms with Gasteiger partial charge in [-0.25, -0.2) is 4.79 Å². The molecule has 0 fully saturated rings. The lowest BCUT2D eigenvalue weighted by atomic mass is 10.2. The first kappa shape index (κ1) is 13.7. The molecule has 1 rings (SSSR count). The van der Waals surface area contributed by atoms with E-state index in [4.69, 9.17) is 9.84 Å². The summed E-state index contributed by atoms with van der Waals surface area (Å²) in [6, 6.07) is 1.63. The topological polar surface area (TPSA) is 75.6 Å². The average molecular weight is 257 g/mol. The lowest BCUT2D eigenvalue weighted by Crippen LogP contribution is -2.24. The molecule has 0 saturated heterocycles. The smallest absolute Gasteiger partial charge is 0.345 e. The highest BCUT2D eigenvalue weighted by Gasteiger charge is 2.11. The molecule has 0 aliphatic carbocycles. The number of carbonyl (C=O) groups is 2. The van der Waals surface area contributed by atoms with Gasteiger partial charge in [-0.05, 0) is 25.5 Å². The van der Waals surface area contributed by atoms with Gasteiger partial charge in [0.25, 0.3) is 0 Å². The highest BCUT2D eigenvalue weighted by Crippen LogP contribution is 2.21. The third kappa shape index (κ3) is 4.16. The van der Waals surface area contributed by atoms with Crippen LogP contribution in [0.1, 0.15) is 27.0 Å². The summed E-state index contributed by atoms with van der Waals surface area (Å²) in [5.41, 5.74) is 0.900. The monoisotopic (exact) mass is 257 g/mol. The molecule has 17 heavy (non-hydrogen) atoms. The summed E-state index contributed by atoms with van der Waals surface area (Å²) in [4.78, 5) is 23.1. The van der Waals surface area contributed by atoms with Crippen molar-refractivity contribution in [2.24, 2.45) is 0 Å². The van der Waals surface area contributed by atoms with Crippen LogP contribution in [-0.4, -0.2) is 30.2 Å². The maximum absolute atomic E-state index is 11.1. The second-order valence-electron chi connectivity index (χ2n) is 3.41. The van der Waals surface area contributed by atoms with Crippen LogP contribution in [0.15, 0.2) is 6.07 Å². The minimum atomic E-state index is -0.922. The molecule has 1 aromatic rings. The Bertz CT molecular complexity index is 414. The number of hydrogen-bond donors (Lipinski definition) is 2. The molecular formula is C11H15NO4S. The molecule has 0 atom stereocenters. The molecule has 0 radical (unpaired) electrons. The molecule has 94 valence electrons. The number of hydrogen-bond acceptors (Lipinski definition) is 5. The van der Waals surface area contributed by atoms with E-state index in [0.29, 0.717) is 18.0 Å². The van der Waals surface area contributed by atoms with E-state index in [9.17, 15) is 9.59 Å². The quantitative estimate of drug-likeness (QED) is 0.753. The molecule has 0 saturated carbocycles. The number of rotatable bonds is 6. The minimum absolute atomic E-state index is 0.130. The van der Waals surface area contributed by atoms with Gasteiger partial charge in [-0.3, -0.25) is 4.79 Å². The van der Waals surface area contributed by atoms with E-state index in [2.05, 4.69) is 5.32 Å². The fourth-order valence-electron chi connectivity index (χ4n) is 1.31. The molecule has 0 spiro atoms. The SMILES string of the molecule is CCOC(=O)CNCc1cc(C(=O)O)sc1C. The van der Waals surface area contributed by atoms with Crippen molar-refractivity contribution in [3.8, 4) is 0 Å². The molecule has 5 nitrogen and oxygen atoms in total. The van der Waals surface area contributed by atoms with Crippen molar-refractivity contribution in [3.63, 3.8) is 0 Å². The first-order valence-corrected chi connectivity index (χ1v) is 6.05. The van der Waals surface area contributed by atoms with Crippen LogP contribution in [0.25, 0.3) is 0 Å². The molecule has 0 aromatic carbocycles. The predicted molar refractivity (Wildman–Crippen MR) is 64.4 cm³/mol. The Balaban J connectivity index is 2.46. The van der Waals surface area contributed by atoms with E-state index in [0.717, 1.165) is 10.4 Å². The van der Waals surface area contributed by atoms with E-state index in [1.54, 1.807) is 13.0 Å². The number of nitrogens with one attached hydrogen (secondary N) is 1. The number of carbonyl (C=O) groups excluding carboxylic acids is 1. The lowest BCUT2D eigenvalue weighted by molar-refractivity contribution is -0.142. The number of carboxylic acids is 1. The maximum atomic E-state index is 11.1. The Labute approximate surface area is 103 Å². The molecule has 0 aliphatic rings. The number of carboxylic acid groups (broad SMARTS) is 1. The zero-order chi connectivity index (χ0) is 12.8. The van der Waals surface area contributed by atoms with Crippen LogP contribution in [0.5, 0.6) is 0 Å². The molecule has 2 N–H and O–H groups in total. The van der Waals surface area contributed by atoms with Crippen molar-refractivity contribution in [2.75, 3.05) is 13.2 Å². The maximum Gasteiger partial charge on any atom is 0.345 e. The van der Waals surface area contributed by atoms with E-state index in [1.165, 1.54) is 11.3 Å². The van der Waals surface area contributed by atoms with Gasteiger partial charge in [-0.15, -0.1) is 11.3 Å². The van der Waals surface area contributed by atoms with Crippen molar-refractivity contribution in [1.82, 2.24) is 5.32 Å². The van der Waals surface area contributed by atoms with Crippen molar-refractivity contribution in [2.45, 2.75) is 20.4 Å². The van der Waals surface area contributed by atoms with E-state index >= 15 is 0 Å². The van der Waals surface area contributed by atoms with Gasteiger partial charge in [-0.2, -0.15) is 0 Å². The van der Waals surface area contributed by atoms with E-state index < -0.39 is 5.97 Å². The lowest BCUT2D eigenvalue weighted by Gasteiger charge is -2.03. The van der Waals surface area contributed by atoms with Crippen molar-refractivity contribution >= 4 is 23.3 Å². The predicted octanol–water partition coefficient (Wildman–Crippen LogP) is 1.41. The van der Waals surface area contributed by atoms with Crippen molar-refractivity contribution < 1.29 is 19.4 Å². The molecular weight excluding hydrogens is 242 g/mol. The number of esters is 1. The fourth-order valence-corrected chi connectivity index (χ4v) is 2.19. The first-order chi connectivity index (χ1) is 8.04. The Kier molecular flexibility index (Phi) is 5.11. The van der Waals surface area contributed by atoms with Crippen LogP contribution in [-0.2, 0) is 16.1 Å². The van der Waals surface area contributed by atoms with Crippen LogP contribution in [0.3, 0.4) is 0 Å². The van der Waals surface area contributed by atoms with Gasteiger partial charge in [-0.1, -0.05) is 0 Å². The number of aryl methyl sites for hydroxylation is 1. The van der Waals surface area contributed by atoms with Gasteiger partial charge in [0.2, 0.25) is 0 Å². The second-order valence-corrected chi connectivity index (χ2v) is 4.66. The van der Waals surface area contributed by atoms with Gasteiger partial charge < -0.3 is 15.2 Å². The normalized spacial score (nSPS) is 10.2. The highest BCUT2D eigenvalue weighted by atomic mass is 32.1. The standard InChI is InChI=1S/C11H15NO4S/c1-3-16-10(13)6-12-5-8-4-9(11(14)15)17-7(8)2/h4,12H,3,5-6H2,1-2H3,(H,14,15). The molecule has 0 aliphatic heterocycles.